The lowest BCUT2D eigenvalue weighted by molar-refractivity contribution is -0.130. The van der Waals surface area contributed by atoms with E-state index < -0.39 is 0 Å². The average Bonchev–Trinajstić information content (AvgIpc) is 2.78. The van der Waals surface area contributed by atoms with Crippen LogP contribution in [0.25, 0.3) is 0 Å². The van der Waals surface area contributed by atoms with E-state index in [1.165, 1.54) is 4.88 Å². The minimum atomic E-state index is 0.00807. The predicted molar refractivity (Wildman–Crippen MR) is 66.2 cm³/mol. The molecule has 0 aliphatic carbocycles. The van der Waals surface area contributed by atoms with Gasteiger partial charge in [-0.25, -0.2) is 0 Å². The summed E-state index contributed by atoms with van der Waals surface area (Å²) >= 11 is 1.71. The normalized spacial score (nSPS) is 23.1. The van der Waals surface area contributed by atoms with Crippen LogP contribution in [0.3, 0.4) is 0 Å². The minimum Gasteiger partial charge on any atom is -0.333 e. The lowest BCUT2D eigenvalue weighted by atomic mass is 10.0. The lowest BCUT2D eigenvalue weighted by Crippen LogP contribution is -2.34. The number of nitrogens with two attached hydrogens (primary N) is 1. The summed E-state index contributed by atoms with van der Waals surface area (Å²) in [5, 5.41) is 2.06. The van der Waals surface area contributed by atoms with Crippen LogP contribution in [0.4, 0.5) is 0 Å². The maximum Gasteiger partial charge on any atom is 0.224 e. The van der Waals surface area contributed by atoms with E-state index in [1.54, 1.807) is 11.3 Å². The number of hydrogen-bond acceptors (Lipinski definition) is 3. The summed E-state index contributed by atoms with van der Waals surface area (Å²) in [4.78, 5) is 15.1. The van der Waals surface area contributed by atoms with Gasteiger partial charge in [-0.2, -0.15) is 0 Å². The van der Waals surface area contributed by atoms with Crippen LogP contribution in [0.2, 0.25) is 0 Å². The number of amides is 1. The number of likely N-dealkylation sites (tertiary alicyclic amines) is 1. The summed E-state index contributed by atoms with van der Waals surface area (Å²) < 4.78 is 0. The predicted octanol–water partition coefficient (Wildman–Crippen LogP) is 2.00. The molecular formula is C12H18N2OS. The van der Waals surface area contributed by atoms with Gasteiger partial charge in [0, 0.05) is 23.9 Å². The Hall–Kier alpha value is -0.870. The first-order chi connectivity index (χ1) is 7.59. The average molecular weight is 238 g/mol. The van der Waals surface area contributed by atoms with E-state index in [1.807, 2.05) is 11.0 Å². The van der Waals surface area contributed by atoms with Crippen molar-refractivity contribution in [3.8, 4) is 0 Å². The summed E-state index contributed by atoms with van der Waals surface area (Å²) in [5.74, 6) is 0.618. The van der Waals surface area contributed by atoms with Crippen molar-refractivity contribution >= 4 is 17.2 Å². The van der Waals surface area contributed by atoms with Crippen LogP contribution in [-0.4, -0.2) is 23.4 Å². The first-order valence-corrected chi connectivity index (χ1v) is 6.56. The Morgan fingerprint density at radius 3 is 2.75 bits per heavy atom. The van der Waals surface area contributed by atoms with E-state index in [0.717, 1.165) is 0 Å². The Morgan fingerprint density at radius 2 is 2.31 bits per heavy atom. The summed E-state index contributed by atoms with van der Waals surface area (Å²) in [5.41, 5.74) is 5.85. The Morgan fingerprint density at radius 1 is 1.56 bits per heavy atom. The van der Waals surface area contributed by atoms with Gasteiger partial charge in [0.05, 0.1) is 6.04 Å². The summed E-state index contributed by atoms with van der Waals surface area (Å²) in [7, 11) is 0. The number of carbonyl (C=O) groups is 1. The quantitative estimate of drug-likeness (QED) is 0.875. The van der Waals surface area contributed by atoms with Gasteiger partial charge in [0.15, 0.2) is 0 Å². The second-order valence-corrected chi connectivity index (χ2v) is 5.69. The van der Waals surface area contributed by atoms with Crippen molar-refractivity contribution < 1.29 is 4.79 Å². The van der Waals surface area contributed by atoms with Crippen LogP contribution in [0, 0.1) is 5.92 Å². The molecule has 3 nitrogen and oxygen atoms in total. The van der Waals surface area contributed by atoms with Gasteiger partial charge in [-0.1, -0.05) is 19.9 Å². The molecule has 1 fully saturated rings. The molecule has 88 valence electrons. The number of nitrogens with zero attached hydrogens (tertiary/aromatic N) is 1. The third-order valence-corrected chi connectivity index (χ3v) is 3.93. The van der Waals surface area contributed by atoms with E-state index in [0.29, 0.717) is 18.9 Å². The van der Waals surface area contributed by atoms with Crippen molar-refractivity contribution in [2.24, 2.45) is 11.7 Å². The number of rotatable bonds is 3. The molecule has 0 saturated carbocycles. The Kier molecular flexibility index (Phi) is 3.30. The highest BCUT2D eigenvalue weighted by atomic mass is 32.1. The SMILES string of the molecule is CC(C)C(c1cccs1)N1CC(N)CC1=O. The van der Waals surface area contributed by atoms with Crippen molar-refractivity contribution in [1.82, 2.24) is 4.90 Å². The van der Waals surface area contributed by atoms with Crippen molar-refractivity contribution in [1.29, 1.82) is 0 Å². The van der Waals surface area contributed by atoms with Crippen molar-refractivity contribution in [2.75, 3.05) is 6.54 Å². The molecule has 2 heterocycles. The van der Waals surface area contributed by atoms with Gasteiger partial charge in [0.2, 0.25) is 5.91 Å². The van der Waals surface area contributed by atoms with E-state index in [2.05, 4.69) is 25.3 Å². The molecule has 0 radical (unpaired) electrons. The highest BCUT2D eigenvalue weighted by molar-refractivity contribution is 7.10. The topological polar surface area (TPSA) is 46.3 Å². The van der Waals surface area contributed by atoms with E-state index in [4.69, 9.17) is 5.73 Å². The maximum atomic E-state index is 11.9. The molecule has 0 aromatic carbocycles. The zero-order chi connectivity index (χ0) is 11.7. The highest BCUT2D eigenvalue weighted by Crippen LogP contribution is 2.34. The van der Waals surface area contributed by atoms with Gasteiger partial charge in [-0.15, -0.1) is 11.3 Å². The molecule has 4 heteroatoms. The van der Waals surface area contributed by atoms with Gasteiger partial charge in [0.1, 0.15) is 0 Å². The number of thiophene rings is 1. The summed E-state index contributed by atoms with van der Waals surface area (Å²) in [6.45, 7) is 5.00. The molecule has 2 rings (SSSR count). The van der Waals surface area contributed by atoms with E-state index in [9.17, 15) is 4.79 Å². The molecule has 1 amide bonds. The third kappa shape index (κ3) is 2.13. The summed E-state index contributed by atoms with van der Waals surface area (Å²) in [6, 6.07) is 4.34. The molecule has 1 saturated heterocycles. The van der Waals surface area contributed by atoms with Crippen LogP contribution in [-0.2, 0) is 4.79 Å². The van der Waals surface area contributed by atoms with Gasteiger partial charge in [-0.05, 0) is 17.4 Å². The Labute approximate surface area is 100 Å². The molecule has 16 heavy (non-hydrogen) atoms. The van der Waals surface area contributed by atoms with Gasteiger partial charge in [0.25, 0.3) is 0 Å². The van der Waals surface area contributed by atoms with Crippen molar-refractivity contribution in [2.45, 2.75) is 32.4 Å². The molecule has 0 spiro atoms. The van der Waals surface area contributed by atoms with Crippen LogP contribution in [0.5, 0.6) is 0 Å². The largest absolute Gasteiger partial charge is 0.333 e. The number of hydrogen-bond donors (Lipinski definition) is 1. The first kappa shape index (κ1) is 11.6. The van der Waals surface area contributed by atoms with Gasteiger partial charge < -0.3 is 10.6 Å². The molecular weight excluding hydrogens is 220 g/mol. The first-order valence-electron chi connectivity index (χ1n) is 5.68. The molecule has 0 bridgehead atoms. The van der Waals surface area contributed by atoms with E-state index in [-0.39, 0.29) is 18.0 Å². The Bertz CT molecular complexity index is 361. The van der Waals surface area contributed by atoms with Crippen molar-refractivity contribution in [3.63, 3.8) is 0 Å². The third-order valence-electron chi connectivity index (χ3n) is 2.99. The lowest BCUT2D eigenvalue weighted by Gasteiger charge is -2.30. The zero-order valence-corrected chi connectivity index (χ0v) is 10.5. The summed E-state index contributed by atoms with van der Waals surface area (Å²) in [6.07, 6.45) is 0.495. The minimum absolute atomic E-state index is 0.00807. The molecule has 1 aliphatic heterocycles. The van der Waals surface area contributed by atoms with Gasteiger partial charge >= 0.3 is 0 Å². The molecule has 2 N–H and O–H groups in total. The van der Waals surface area contributed by atoms with Gasteiger partial charge in [-0.3, -0.25) is 4.79 Å². The fraction of sp³-hybridized carbons (Fsp3) is 0.583. The maximum absolute atomic E-state index is 11.9. The Balaban J connectivity index is 2.24. The van der Waals surface area contributed by atoms with Crippen LogP contribution in [0.1, 0.15) is 31.2 Å². The molecule has 2 unspecified atom stereocenters. The standard InChI is InChI=1S/C12H18N2OS/c1-8(2)12(10-4-3-5-16-10)14-7-9(13)6-11(14)15/h3-5,8-9,12H,6-7,13H2,1-2H3. The molecule has 1 aliphatic rings. The van der Waals surface area contributed by atoms with Crippen molar-refractivity contribution in [3.05, 3.63) is 22.4 Å². The van der Waals surface area contributed by atoms with E-state index >= 15 is 0 Å². The number of carbonyl (C=O) groups excluding carboxylic acids is 1. The highest BCUT2D eigenvalue weighted by Gasteiger charge is 2.35. The molecule has 2 atom stereocenters. The fourth-order valence-corrected chi connectivity index (χ4v) is 3.34. The van der Waals surface area contributed by atoms with Crippen LogP contribution < -0.4 is 5.73 Å². The second-order valence-electron chi connectivity index (χ2n) is 4.71. The molecule has 1 aromatic rings. The van der Waals surface area contributed by atoms with Crippen LogP contribution >= 0.6 is 11.3 Å². The van der Waals surface area contributed by atoms with Crippen LogP contribution in [0.15, 0.2) is 17.5 Å². The smallest absolute Gasteiger partial charge is 0.224 e. The zero-order valence-electron chi connectivity index (χ0n) is 9.72. The molecule has 1 aromatic heterocycles. The monoisotopic (exact) mass is 238 g/mol. The second kappa shape index (κ2) is 4.55. The fourth-order valence-electron chi connectivity index (χ4n) is 2.33.